The molecule has 0 aliphatic carbocycles. The topological polar surface area (TPSA) is 29.1 Å². The first-order chi connectivity index (χ1) is 10.1. The second-order valence-corrected chi connectivity index (χ2v) is 6.03. The van der Waals surface area contributed by atoms with Crippen LogP contribution in [0.15, 0.2) is 47.4 Å². The van der Waals surface area contributed by atoms with Gasteiger partial charge in [-0.05, 0) is 49.8 Å². The number of carbonyl (C=O) groups excluding carboxylic acids is 1. The quantitative estimate of drug-likeness (QED) is 0.818. The predicted molar refractivity (Wildman–Crippen MR) is 91.1 cm³/mol. The van der Waals surface area contributed by atoms with Crippen LogP contribution in [0.2, 0.25) is 0 Å². The molecule has 0 atom stereocenters. The lowest BCUT2D eigenvalue weighted by Gasteiger charge is -2.10. The molecular formula is C18H21NOS. The zero-order valence-corrected chi connectivity index (χ0v) is 13.6. The normalized spacial score (nSPS) is 10.4. The largest absolute Gasteiger partial charge is 0.325 e. The fourth-order valence-corrected chi connectivity index (χ4v) is 2.89. The van der Waals surface area contributed by atoms with E-state index in [4.69, 9.17) is 0 Å². The van der Waals surface area contributed by atoms with Crippen molar-refractivity contribution in [2.75, 3.05) is 11.6 Å². The van der Waals surface area contributed by atoms with Gasteiger partial charge in [-0.1, -0.05) is 35.9 Å². The van der Waals surface area contributed by atoms with Gasteiger partial charge in [0.1, 0.15) is 0 Å². The molecule has 2 nitrogen and oxygen atoms in total. The van der Waals surface area contributed by atoms with Crippen molar-refractivity contribution in [1.82, 2.24) is 0 Å². The molecular weight excluding hydrogens is 278 g/mol. The first-order valence-electron chi connectivity index (χ1n) is 7.09. The van der Waals surface area contributed by atoms with Crippen LogP contribution in [-0.2, 0) is 11.2 Å². The van der Waals surface area contributed by atoms with Gasteiger partial charge in [-0.15, -0.1) is 11.8 Å². The molecule has 0 fully saturated rings. The van der Waals surface area contributed by atoms with E-state index in [1.165, 1.54) is 16.7 Å². The molecule has 1 amide bonds. The summed E-state index contributed by atoms with van der Waals surface area (Å²) < 4.78 is 0. The molecule has 0 aromatic heterocycles. The lowest BCUT2D eigenvalue weighted by atomic mass is 10.0. The third-order valence-corrected chi connectivity index (χ3v) is 4.30. The van der Waals surface area contributed by atoms with E-state index < -0.39 is 0 Å². The number of anilines is 1. The fourth-order valence-electron chi connectivity index (χ4n) is 2.34. The first kappa shape index (κ1) is 15.6. The van der Waals surface area contributed by atoms with Gasteiger partial charge >= 0.3 is 0 Å². The molecule has 0 spiro atoms. The average Bonchev–Trinajstić information content (AvgIpc) is 2.47. The van der Waals surface area contributed by atoms with Crippen molar-refractivity contribution in [3.63, 3.8) is 0 Å². The SMILES string of the molecule is CSc1ccccc1NC(=O)CCc1ccc(C)cc1C. The highest BCUT2D eigenvalue weighted by Crippen LogP contribution is 2.24. The Bertz CT molecular complexity index is 637. The molecule has 0 heterocycles. The van der Waals surface area contributed by atoms with Gasteiger partial charge in [-0.3, -0.25) is 4.79 Å². The van der Waals surface area contributed by atoms with E-state index >= 15 is 0 Å². The van der Waals surface area contributed by atoms with Crippen LogP contribution in [-0.4, -0.2) is 12.2 Å². The van der Waals surface area contributed by atoms with Gasteiger partial charge in [0.25, 0.3) is 0 Å². The van der Waals surface area contributed by atoms with Gasteiger partial charge in [-0.2, -0.15) is 0 Å². The Balaban J connectivity index is 1.96. The Labute approximate surface area is 131 Å². The average molecular weight is 299 g/mol. The summed E-state index contributed by atoms with van der Waals surface area (Å²) in [4.78, 5) is 13.2. The van der Waals surface area contributed by atoms with E-state index in [-0.39, 0.29) is 5.91 Å². The molecule has 0 aliphatic rings. The summed E-state index contributed by atoms with van der Waals surface area (Å²) in [5, 5.41) is 3.00. The minimum atomic E-state index is 0.0662. The number of benzene rings is 2. The molecule has 0 radical (unpaired) electrons. The Morgan fingerprint density at radius 1 is 1.14 bits per heavy atom. The van der Waals surface area contributed by atoms with Crippen molar-refractivity contribution in [2.24, 2.45) is 0 Å². The lowest BCUT2D eigenvalue weighted by Crippen LogP contribution is -2.13. The maximum Gasteiger partial charge on any atom is 0.224 e. The number of amides is 1. The van der Waals surface area contributed by atoms with Gasteiger partial charge in [0.05, 0.1) is 5.69 Å². The van der Waals surface area contributed by atoms with Crippen LogP contribution < -0.4 is 5.32 Å². The Hall–Kier alpha value is -1.74. The fraction of sp³-hybridized carbons (Fsp3) is 0.278. The minimum absolute atomic E-state index is 0.0662. The molecule has 0 saturated carbocycles. The monoisotopic (exact) mass is 299 g/mol. The number of para-hydroxylation sites is 1. The summed E-state index contributed by atoms with van der Waals surface area (Å²) in [5.41, 5.74) is 4.66. The van der Waals surface area contributed by atoms with Crippen LogP contribution in [0, 0.1) is 13.8 Å². The van der Waals surface area contributed by atoms with E-state index in [2.05, 4.69) is 37.4 Å². The number of rotatable bonds is 5. The standard InChI is InChI=1S/C18H21NOS/c1-13-8-9-15(14(2)12-13)10-11-18(20)19-16-6-4-5-7-17(16)21-3/h4-9,12H,10-11H2,1-3H3,(H,19,20). The summed E-state index contributed by atoms with van der Waals surface area (Å²) >= 11 is 1.64. The molecule has 0 saturated heterocycles. The second-order valence-electron chi connectivity index (χ2n) is 5.18. The first-order valence-corrected chi connectivity index (χ1v) is 8.31. The van der Waals surface area contributed by atoms with Crippen LogP contribution in [0.25, 0.3) is 0 Å². The molecule has 3 heteroatoms. The van der Waals surface area contributed by atoms with E-state index in [0.717, 1.165) is 17.0 Å². The number of aryl methyl sites for hydroxylation is 3. The van der Waals surface area contributed by atoms with Crippen LogP contribution in [0.1, 0.15) is 23.1 Å². The molecule has 1 N–H and O–H groups in total. The number of hydrogen-bond acceptors (Lipinski definition) is 2. The molecule has 0 aliphatic heterocycles. The molecule has 0 unspecified atom stereocenters. The minimum Gasteiger partial charge on any atom is -0.325 e. The van der Waals surface area contributed by atoms with E-state index in [1.807, 2.05) is 30.5 Å². The van der Waals surface area contributed by atoms with E-state index in [0.29, 0.717) is 6.42 Å². The van der Waals surface area contributed by atoms with Gasteiger partial charge < -0.3 is 5.32 Å². The van der Waals surface area contributed by atoms with Crippen LogP contribution in [0.4, 0.5) is 5.69 Å². The van der Waals surface area contributed by atoms with Crippen LogP contribution >= 0.6 is 11.8 Å². The predicted octanol–water partition coefficient (Wildman–Crippen LogP) is 4.60. The zero-order chi connectivity index (χ0) is 15.2. The highest BCUT2D eigenvalue weighted by molar-refractivity contribution is 7.98. The Morgan fingerprint density at radius 3 is 2.62 bits per heavy atom. The van der Waals surface area contributed by atoms with E-state index in [1.54, 1.807) is 11.8 Å². The van der Waals surface area contributed by atoms with Crippen molar-refractivity contribution in [2.45, 2.75) is 31.6 Å². The summed E-state index contributed by atoms with van der Waals surface area (Å²) in [7, 11) is 0. The molecule has 2 rings (SSSR count). The van der Waals surface area contributed by atoms with Gasteiger partial charge in [0.2, 0.25) is 5.91 Å². The molecule has 2 aromatic rings. The van der Waals surface area contributed by atoms with Crippen molar-refractivity contribution in [3.8, 4) is 0 Å². The van der Waals surface area contributed by atoms with Gasteiger partial charge in [0.15, 0.2) is 0 Å². The third kappa shape index (κ3) is 4.36. The van der Waals surface area contributed by atoms with Crippen molar-refractivity contribution in [3.05, 3.63) is 59.2 Å². The number of thioether (sulfide) groups is 1. The summed E-state index contributed by atoms with van der Waals surface area (Å²) in [6.07, 6.45) is 3.30. The molecule has 2 aromatic carbocycles. The smallest absolute Gasteiger partial charge is 0.224 e. The molecule has 0 bridgehead atoms. The van der Waals surface area contributed by atoms with Crippen LogP contribution in [0.5, 0.6) is 0 Å². The van der Waals surface area contributed by atoms with Crippen molar-refractivity contribution < 1.29 is 4.79 Å². The van der Waals surface area contributed by atoms with Gasteiger partial charge in [0, 0.05) is 11.3 Å². The highest BCUT2D eigenvalue weighted by atomic mass is 32.2. The van der Waals surface area contributed by atoms with Crippen LogP contribution in [0.3, 0.4) is 0 Å². The molecule has 110 valence electrons. The Morgan fingerprint density at radius 2 is 1.90 bits per heavy atom. The van der Waals surface area contributed by atoms with Crippen molar-refractivity contribution >= 4 is 23.4 Å². The number of nitrogens with one attached hydrogen (secondary N) is 1. The maximum absolute atomic E-state index is 12.1. The summed E-state index contributed by atoms with van der Waals surface area (Å²) in [5.74, 6) is 0.0662. The second kappa shape index (κ2) is 7.32. The maximum atomic E-state index is 12.1. The number of hydrogen-bond donors (Lipinski definition) is 1. The summed E-state index contributed by atoms with van der Waals surface area (Å²) in [6.45, 7) is 4.19. The van der Waals surface area contributed by atoms with Crippen molar-refractivity contribution in [1.29, 1.82) is 0 Å². The van der Waals surface area contributed by atoms with E-state index in [9.17, 15) is 4.79 Å². The number of carbonyl (C=O) groups is 1. The molecule has 21 heavy (non-hydrogen) atoms. The highest BCUT2D eigenvalue weighted by Gasteiger charge is 2.07. The zero-order valence-electron chi connectivity index (χ0n) is 12.8. The third-order valence-electron chi connectivity index (χ3n) is 3.50. The lowest BCUT2D eigenvalue weighted by molar-refractivity contribution is -0.116. The summed E-state index contributed by atoms with van der Waals surface area (Å²) in [6, 6.07) is 14.3. The Kier molecular flexibility index (Phi) is 5.45. The van der Waals surface area contributed by atoms with Gasteiger partial charge in [-0.25, -0.2) is 0 Å².